The number of fused-ring (bicyclic) bond motifs is 1. The van der Waals surface area contributed by atoms with Gasteiger partial charge in [0, 0.05) is 16.9 Å². The lowest BCUT2D eigenvalue weighted by molar-refractivity contribution is -0.0895. The second kappa shape index (κ2) is 6.21. The molecule has 0 fully saturated rings. The average Bonchev–Trinajstić information content (AvgIpc) is 2.89. The van der Waals surface area contributed by atoms with Gasteiger partial charge in [0.25, 0.3) is 0 Å². The highest BCUT2D eigenvalue weighted by molar-refractivity contribution is 9.10. The lowest BCUT2D eigenvalue weighted by Crippen LogP contribution is -2.39. The highest BCUT2D eigenvalue weighted by Crippen LogP contribution is 2.35. The van der Waals surface area contributed by atoms with Crippen LogP contribution in [0.3, 0.4) is 0 Å². The zero-order chi connectivity index (χ0) is 16.6. The minimum absolute atomic E-state index is 0.607. The summed E-state index contributed by atoms with van der Waals surface area (Å²) in [5.74, 6) is 1.49. The van der Waals surface area contributed by atoms with Gasteiger partial charge in [-0.05, 0) is 39.9 Å². The summed E-state index contributed by atoms with van der Waals surface area (Å²) in [5, 5.41) is 2.94. The van der Waals surface area contributed by atoms with Crippen LogP contribution in [-0.4, -0.2) is 21.9 Å². The van der Waals surface area contributed by atoms with E-state index in [1.54, 1.807) is 29.2 Å². The largest absolute Gasteiger partial charge is 0.417 e. The predicted octanol–water partition coefficient (Wildman–Crippen LogP) is 4.36. The molecule has 0 atom stereocenters. The van der Waals surface area contributed by atoms with Crippen LogP contribution in [0.1, 0.15) is 6.92 Å². The van der Waals surface area contributed by atoms with Gasteiger partial charge in [0.15, 0.2) is 5.82 Å². The number of thioether (sulfide) groups is 1. The summed E-state index contributed by atoms with van der Waals surface area (Å²) in [7, 11) is 0. The second-order valence-corrected chi connectivity index (χ2v) is 6.94. The SMILES string of the molecule is CCSc1cc(Br)cnc1N1C=C2C=CC(C(F)(F)F)=CN2N1. The number of alkyl halides is 3. The Bertz CT molecular complexity index is 714. The fourth-order valence-corrected chi connectivity index (χ4v) is 3.40. The zero-order valence-electron chi connectivity index (χ0n) is 11.9. The lowest BCUT2D eigenvalue weighted by atomic mass is 10.2. The van der Waals surface area contributed by atoms with Crippen molar-refractivity contribution in [2.75, 3.05) is 10.8 Å². The highest BCUT2D eigenvalue weighted by Gasteiger charge is 2.35. The molecule has 1 aromatic heterocycles. The molecule has 122 valence electrons. The van der Waals surface area contributed by atoms with Crippen molar-refractivity contribution in [3.63, 3.8) is 0 Å². The number of halogens is 4. The first-order valence-electron chi connectivity index (χ1n) is 6.70. The molecular weight excluding hydrogens is 393 g/mol. The lowest BCUT2D eigenvalue weighted by Gasteiger charge is -2.24. The van der Waals surface area contributed by atoms with Gasteiger partial charge in [-0.1, -0.05) is 6.92 Å². The number of hydrogen-bond acceptors (Lipinski definition) is 5. The molecule has 0 radical (unpaired) electrons. The van der Waals surface area contributed by atoms with Gasteiger partial charge in [0.2, 0.25) is 0 Å². The van der Waals surface area contributed by atoms with Crippen LogP contribution in [0.25, 0.3) is 0 Å². The van der Waals surface area contributed by atoms with Gasteiger partial charge in [-0.3, -0.25) is 5.01 Å². The number of anilines is 1. The quantitative estimate of drug-likeness (QED) is 0.756. The molecule has 0 spiro atoms. The number of nitrogens with zero attached hydrogens (tertiary/aromatic N) is 3. The molecular formula is C14H12BrF3N4S. The van der Waals surface area contributed by atoms with Crippen molar-refractivity contribution in [2.45, 2.75) is 18.0 Å². The second-order valence-electron chi connectivity index (χ2n) is 4.72. The van der Waals surface area contributed by atoms with Gasteiger partial charge < -0.3 is 0 Å². The Morgan fingerprint density at radius 2 is 2.04 bits per heavy atom. The van der Waals surface area contributed by atoms with Crippen LogP contribution >= 0.6 is 27.7 Å². The van der Waals surface area contributed by atoms with Crippen molar-refractivity contribution in [1.82, 2.24) is 15.5 Å². The molecule has 3 heterocycles. The van der Waals surface area contributed by atoms with Gasteiger partial charge in [-0.25, -0.2) is 9.99 Å². The Hall–Kier alpha value is -1.45. The van der Waals surface area contributed by atoms with Crippen molar-refractivity contribution in [2.24, 2.45) is 0 Å². The molecule has 0 bridgehead atoms. The molecule has 0 unspecified atom stereocenters. The topological polar surface area (TPSA) is 31.4 Å². The van der Waals surface area contributed by atoms with Crippen LogP contribution in [0.5, 0.6) is 0 Å². The number of hydrogen-bond donors (Lipinski definition) is 1. The molecule has 4 nitrogen and oxygen atoms in total. The van der Waals surface area contributed by atoms with Crippen LogP contribution in [0, 0.1) is 0 Å². The minimum atomic E-state index is -4.38. The van der Waals surface area contributed by atoms with Crippen LogP contribution in [0.15, 0.2) is 57.5 Å². The van der Waals surface area contributed by atoms with Crippen LogP contribution < -0.4 is 10.5 Å². The molecule has 23 heavy (non-hydrogen) atoms. The van der Waals surface area contributed by atoms with Gasteiger partial charge >= 0.3 is 6.18 Å². The van der Waals surface area contributed by atoms with Crippen molar-refractivity contribution in [3.8, 4) is 0 Å². The predicted molar refractivity (Wildman–Crippen MR) is 87.1 cm³/mol. The maximum absolute atomic E-state index is 12.8. The summed E-state index contributed by atoms with van der Waals surface area (Å²) in [6, 6.07) is 1.93. The smallest absolute Gasteiger partial charge is 0.264 e. The summed E-state index contributed by atoms with van der Waals surface area (Å²) < 4.78 is 39.2. The van der Waals surface area contributed by atoms with Gasteiger partial charge in [-0.2, -0.15) is 13.2 Å². The number of nitrogens with one attached hydrogen (secondary N) is 1. The van der Waals surface area contributed by atoms with E-state index in [-0.39, 0.29) is 0 Å². The van der Waals surface area contributed by atoms with Crippen LogP contribution in [-0.2, 0) is 0 Å². The highest BCUT2D eigenvalue weighted by atomic mass is 79.9. The number of aromatic nitrogens is 1. The zero-order valence-corrected chi connectivity index (χ0v) is 14.3. The normalized spacial score (nSPS) is 17.3. The third-order valence-corrected chi connectivity index (χ3v) is 4.45. The number of rotatable bonds is 3. The molecule has 0 aliphatic carbocycles. The Kier molecular flexibility index (Phi) is 4.43. The molecule has 1 N–H and O–H groups in total. The molecule has 3 rings (SSSR count). The molecule has 2 aliphatic rings. The van der Waals surface area contributed by atoms with E-state index in [9.17, 15) is 13.2 Å². The minimum Gasteiger partial charge on any atom is -0.264 e. The number of allylic oxidation sites excluding steroid dienone is 3. The van der Waals surface area contributed by atoms with E-state index in [0.29, 0.717) is 11.5 Å². The first-order valence-corrected chi connectivity index (χ1v) is 8.48. The molecule has 0 amide bonds. The standard InChI is InChI=1S/C14H12BrF3N4S/c1-2-23-12-5-10(15)6-19-13(12)22-8-11-4-3-9(14(16,17)18)7-21(11)20-22/h3-8,20H,2H2,1H3. The summed E-state index contributed by atoms with van der Waals surface area (Å²) in [6.07, 6.45) is 2.48. The average molecular weight is 405 g/mol. The molecule has 1 aromatic rings. The Morgan fingerprint density at radius 3 is 2.74 bits per heavy atom. The van der Waals surface area contributed by atoms with E-state index in [1.165, 1.54) is 11.1 Å². The molecule has 0 saturated heterocycles. The van der Waals surface area contributed by atoms with E-state index in [1.807, 2.05) is 13.0 Å². The summed E-state index contributed by atoms with van der Waals surface area (Å²) in [6.45, 7) is 2.02. The molecule has 0 saturated carbocycles. The van der Waals surface area contributed by atoms with E-state index in [4.69, 9.17) is 0 Å². The fraction of sp³-hybridized carbons (Fsp3) is 0.214. The molecule has 2 aliphatic heterocycles. The Labute approximate surface area is 143 Å². The first-order chi connectivity index (χ1) is 10.9. The van der Waals surface area contributed by atoms with E-state index >= 15 is 0 Å². The Morgan fingerprint density at radius 1 is 1.26 bits per heavy atom. The van der Waals surface area contributed by atoms with Crippen molar-refractivity contribution in [1.29, 1.82) is 0 Å². The Balaban J connectivity index is 1.88. The maximum atomic E-state index is 12.8. The van der Waals surface area contributed by atoms with Crippen molar-refractivity contribution >= 4 is 33.5 Å². The maximum Gasteiger partial charge on any atom is 0.417 e. The third kappa shape index (κ3) is 3.41. The van der Waals surface area contributed by atoms with Crippen molar-refractivity contribution < 1.29 is 13.2 Å². The van der Waals surface area contributed by atoms with Gasteiger partial charge in [0.1, 0.15) is 0 Å². The number of pyridine rings is 1. The summed E-state index contributed by atoms with van der Waals surface area (Å²) >= 11 is 4.99. The summed E-state index contributed by atoms with van der Waals surface area (Å²) in [4.78, 5) is 5.29. The van der Waals surface area contributed by atoms with E-state index in [2.05, 4.69) is 26.4 Å². The molecule has 0 aromatic carbocycles. The monoisotopic (exact) mass is 404 g/mol. The van der Waals surface area contributed by atoms with E-state index < -0.39 is 11.7 Å². The third-order valence-electron chi connectivity index (χ3n) is 3.11. The van der Waals surface area contributed by atoms with Gasteiger partial charge in [0.05, 0.1) is 22.4 Å². The van der Waals surface area contributed by atoms with Crippen LogP contribution in [0.4, 0.5) is 19.0 Å². The number of hydrazine groups is 2. The molecule has 9 heteroatoms. The van der Waals surface area contributed by atoms with Crippen molar-refractivity contribution in [3.05, 3.63) is 52.6 Å². The fourth-order valence-electron chi connectivity index (χ4n) is 2.11. The van der Waals surface area contributed by atoms with E-state index in [0.717, 1.165) is 27.4 Å². The van der Waals surface area contributed by atoms with Gasteiger partial charge in [-0.15, -0.1) is 17.3 Å². The first kappa shape index (κ1) is 16.4. The van der Waals surface area contributed by atoms with Crippen LogP contribution in [0.2, 0.25) is 0 Å². The summed E-state index contributed by atoms with van der Waals surface area (Å²) in [5.41, 5.74) is 2.78.